The van der Waals surface area contributed by atoms with Gasteiger partial charge in [0.25, 0.3) is 5.91 Å². The molecule has 0 bridgehead atoms. The van der Waals surface area contributed by atoms with Crippen molar-refractivity contribution in [2.24, 2.45) is 0 Å². The molecule has 1 heterocycles. The van der Waals surface area contributed by atoms with Crippen LogP contribution in [-0.2, 0) is 4.79 Å². The highest BCUT2D eigenvalue weighted by Crippen LogP contribution is 2.29. The summed E-state index contributed by atoms with van der Waals surface area (Å²) in [7, 11) is 3.04. The van der Waals surface area contributed by atoms with E-state index in [4.69, 9.17) is 14.6 Å². The summed E-state index contributed by atoms with van der Waals surface area (Å²) in [5.41, 5.74) is 0.455. The van der Waals surface area contributed by atoms with Gasteiger partial charge in [0.05, 0.1) is 26.5 Å². The van der Waals surface area contributed by atoms with E-state index in [0.29, 0.717) is 36.8 Å². The van der Waals surface area contributed by atoms with E-state index in [2.05, 4.69) is 10.2 Å². The molecular formula is C18H24N4O4. The number of benzene rings is 1. The van der Waals surface area contributed by atoms with Crippen molar-refractivity contribution >= 4 is 11.6 Å². The van der Waals surface area contributed by atoms with E-state index in [1.54, 1.807) is 24.4 Å². The molecule has 0 unspecified atom stereocenters. The van der Waals surface area contributed by atoms with Crippen LogP contribution in [0.15, 0.2) is 30.0 Å². The molecule has 8 heteroatoms. The first-order valence-electron chi connectivity index (χ1n) is 8.33. The molecule has 1 aromatic carbocycles. The number of nitrogens with zero attached hydrogens (tertiary/aromatic N) is 3. The molecule has 140 valence electrons. The van der Waals surface area contributed by atoms with Crippen molar-refractivity contribution in [3.05, 3.63) is 30.0 Å². The smallest absolute Gasteiger partial charge is 0.267 e. The fourth-order valence-electron chi connectivity index (χ4n) is 2.68. The van der Waals surface area contributed by atoms with Crippen molar-refractivity contribution in [2.45, 2.75) is 0 Å². The second-order valence-electron chi connectivity index (χ2n) is 5.78. The molecule has 0 saturated carbocycles. The lowest BCUT2D eigenvalue weighted by atomic mass is 10.2. The molecule has 26 heavy (non-hydrogen) atoms. The van der Waals surface area contributed by atoms with Crippen LogP contribution < -0.4 is 14.8 Å². The van der Waals surface area contributed by atoms with E-state index in [1.807, 2.05) is 11.0 Å². The van der Waals surface area contributed by atoms with Gasteiger partial charge in [0, 0.05) is 45.0 Å². The maximum absolute atomic E-state index is 12.5. The Kier molecular flexibility index (Phi) is 7.26. The lowest BCUT2D eigenvalue weighted by Gasteiger charge is -2.33. The van der Waals surface area contributed by atoms with Crippen LogP contribution in [0.3, 0.4) is 0 Å². The number of aliphatic hydroxyl groups excluding tert-OH is 1. The van der Waals surface area contributed by atoms with Gasteiger partial charge in [0.1, 0.15) is 23.1 Å². The number of carbonyl (C=O) groups is 1. The Bertz CT molecular complexity index is 691. The quantitative estimate of drug-likeness (QED) is 0.544. The predicted octanol–water partition coefficient (Wildman–Crippen LogP) is 0.660. The average Bonchev–Trinajstić information content (AvgIpc) is 2.67. The molecule has 1 aliphatic rings. The monoisotopic (exact) mass is 360 g/mol. The lowest BCUT2D eigenvalue weighted by Crippen LogP contribution is -2.45. The summed E-state index contributed by atoms with van der Waals surface area (Å²) in [6.45, 7) is 3.72. The maximum atomic E-state index is 12.5. The molecule has 2 rings (SSSR count). The number of hydrogen-bond acceptors (Lipinski definition) is 7. The van der Waals surface area contributed by atoms with Gasteiger partial charge in [-0.05, 0) is 12.1 Å². The SMILES string of the molecule is COc1ccc(OC)c(NC(=O)/C(C#N)=C\N2CCN(CCO)CC2)c1. The number of nitriles is 1. The van der Waals surface area contributed by atoms with E-state index >= 15 is 0 Å². The minimum absolute atomic E-state index is 0.0190. The van der Waals surface area contributed by atoms with Crippen LogP contribution in [0.4, 0.5) is 5.69 Å². The Morgan fingerprint density at radius 1 is 1.31 bits per heavy atom. The van der Waals surface area contributed by atoms with Crippen molar-refractivity contribution in [3.63, 3.8) is 0 Å². The second kappa shape index (κ2) is 9.65. The van der Waals surface area contributed by atoms with Crippen LogP contribution in [0.1, 0.15) is 0 Å². The number of anilines is 1. The molecule has 0 aromatic heterocycles. The first-order valence-corrected chi connectivity index (χ1v) is 8.33. The Labute approximate surface area is 153 Å². The van der Waals surface area contributed by atoms with Gasteiger partial charge in [-0.2, -0.15) is 5.26 Å². The van der Waals surface area contributed by atoms with E-state index < -0.39 is 5.91 Å². The van der Waals surface area contributed by atoms with Crippen LogP contribution in [-0.4, -0.2) is 74.4 Å². The van der Waals surface area contributed by atoms with Crippen LogP contribution in [0.5, 0.6) is 11.5 Å². The highest BCUT2D eigenvalue weighted by molar-refractivity contribution is 6.07. The van der Waals surface area contributed by atoms with Gasteiger partial charge in [0.2, 0.25) is 0 Å². The molecule has 0 atom stereocenters. The summed E-state index contributed by atoms with van der Waals surface area (Å²) in [6, 6.07) is 7.00. The molecule has 0 aliphatic carbocycles. The summed E-state index contributed by atoms with van der Waals surface area (Å²) >= 11 is 0. The number of piperazine rings is 1. The van der Waals surface area contributed by atoms with E-state index in [9.17, 15) is 10.1 Å². The topological polar surface area (TPSA) is 98.1 Å². The highest BCUT2D eigenvalue weighted by Gasteiger charge is 2.18. The van der Waals surface area contributed by atoms with Crippen molar-refractivity contribution in [1.29, 1.82) is 5.26 Å². The Morgan fingerprint density at radius 2 is 2.04 bits per heavy atom. The number of aliphatic hydroxyl groups is 1. The molecule has 1 amide bonds. The highest BCUT2D eigenvalue weighted by atomic mass is 16.5. The number of hydrogen-bond donors (Lipinski definition) is 2. The third-order valence-corrected chi connectivity index (χ3v) is 4.15. The Hall–Kier alpha value is -2.76. The van der Waals surface area contributed by atoms with Gasteiger partial charge in [-0.15, -0.1) is 0 Å². The Morgan fingerprint density at radius 3 is 2.62 bits per heavy atom. The van der Waals surface area contributed by atoms with Gasteiger partial charge in [0.15, 0.2) is 0 Å². The van der Waals surface area contributed by atoms with E-state index in [1.165, 1.54) is 14.2 Å². The van der Waals surface area contributed by atoms with E-state index in [-0.39, 0.29) is 12.2 Å². The first kappa shape index (κ1) is 19.6. The maximum Gasteiger partial charge on any atom is 0.267 e. The largest absolute Gasteiger partial charge is 0.497 e. The minimum Gasteiger partial charge on any atom is -0.497 e. The van der Waals surface area contributed by atoms with Gasteiger partial charge >= 0.3 is 0 Å². The van der Waals surface area contributed by atoms with Gasteiger partial charge in [-0.1, -0.05) is 0 Å². The number of carbonyl (C=O) groups excluding carboxylic acids is 1. The summed E-state index contributed by atoms with van der Waals surface area (Å²) < 4.78 is 10.4. The zero-order valence-electron chi connectivity index (χ0n) is 15.1. The summed E-state index contributed by atoms with van der Waals surface area (Å²) in [6.07, 6.45) is 1.58. The normalized spacial score (nSPS) is 15.3. The van der Waals surface area contributed by atoms with Crippen molar-refractivity contribution in [3.8, 4) is 17.6 Å². The molecule has 1 aliphatic heterocycles. The molecule has 0 radical (unpaired) electrons. The molecule has 0 spiro atoms. The molecule has 1 fully saturated rings. The van der Waals surface area contributed by atoms with Crippen LogP contribution >= 0.6 is 0 Å². The molecule has 1 aromatic rings. The molecule has 2 N–H and O–H groups in total. The lowest BCUT2D eigenvalue weighted by molar-refractivity contribution is -0.112. The van der Waals surface area contributed by atoms with Crippen LogP contribution in [0.2, 0.25) is 0 Å². The summed E-state index contributed by atoms with van der Waals surface area (Å²) in [5.74, 6) is 0.550. The van der Waals surface area contributed by atoms with Crippen LogP contribution in [0.25, 0.3) is 0 Å². The fourth-order valence-corrected chi connectivity index (χ4v) is 2.68. The minimum atomic E-state index is -0.503. The van der Waals surface area contributed by atoms with Crippen LogP contribution in [0, 0.1) is 11.3 Å². The average molecular weight is 360 g/mol. The zero-order chi connectivity index (χ0) is 18.9. The van der Waals surface area contributed by atoms with Crippen molar-refractivity contribution in [1.82, 2.24) is 9.80 Å². The number of methoxy groups -OCH3 is 2. The Balaban J connectivity index is 2.06. The number of rotatable bonds is 7. The van der Waals surface area contributed by atoms with Crippen molar-refractivity contribution < 1.29 is 19.4 Å². The predicted molar refractivity (Wildman–Crippen MR) is 97.0 cm³/mol. The van der Waals surface area contributed by atoms with Crippen molar-refractivity contribution in [2.75, 3.05) is 58.9 Å². The molecular weight excluding hydrogens is 336 g/mol. The second-order valence-corrected chi connectivity index (χ2v) is 5.78. The van der Waals surface area contributed by atoms with Gasteiger partial charge in [-0.25, -0.2) is 0 Å². The van der Waals surface area contributed by atoms with Gasteiger partial charge in [-0.3, -0.25) is 9.69 Å². The summed E-state index contributed by atoms with van der Waals surface area (Å²) in [5, 5.41) is 21.0. The molecule has 8 nitrogen and oxygen atoms in total. The fraction of sp³-hybridized carbons (Fsp3) is 0.444. The number of nitrogens with one attached hydrogen (secondary N) is 1. The third-order valence-electron chi connectivity index (χ3n) is 4.15. The zero-order valence-corrected chi connectivity index (χ0v) is 15.1. The summed E-state index contributed by atoms with van der Waals surface area (Å²) in [4.78, 5) is 16.6. The number of β-amino-alcohol motifs (C(OH)–C–C–N with tert-alkyl or cyclic N) is 1. The third kappa shape index (κ3) is 5.12. The molecule has 1 saturated heterocycles. The van der Waals surface area contributed by atoms with Gasteiger partial charge < -0.3 is 24.8 Å². The first-order chi connectivity index (χ1) is 12.6. The number of ether oxygens (including phenoxy) is 2. The number of amides is 1. The van der Waals surface area contributed by atoms with E-state index in [0.717, 1.165) is 13.1 Å². The standard InChI is InChI=1S/C18H24N4O4/c1-25-15-3-4-17(26-2)16(11-15)20-18(24)14(12-19)13-22-7-5-21(6-8-22)9-10-23/h3-4,11,13,23H,5-10H2,1-2H3,(H,20,24)/b14-13-.